The maximum Gasteiger partial charge on any atom is 0.259 e. The third-order valence-corrected chi connectivity index (χ3v) is 8.02. The van der Waals surface area contributed by atoms with E-state index in [9.17, 15) is 4.79 Å². The molecule has 0 saturated heterocycles. The molecule has 7 nitrogen and oxygen atoms in total. The van der Waals surface area contributed by atoms with Crippen LogP contribution in [0.5, 0.6) is 0 Å². The number of rotatable bonds is 8. The maximum atomic E-state index is 12.7. The number of methoxy groups -OCH3 is 1. The lowest BCUT2D eigenvalue weighted by atomic mass is 10.2. The monoisotopic (exact) mass is 487 g/mol. The number of aryl methyl sites for hydroxylation is 2. The van der Waals surface area contributed by atoms with Crippen molar-refractivity contribution in [2.45, 2.75) is 43.1 Å². The molecule has 0 amide bonds. The van der Waals surface area contributed by atoms with Crippen LogP contribution in [0.4, 0.5) is 0 Å². The predicted octanol–water partition coefficient (Wildman–Crippen LogP) is 4.71. The standard InChI is InChI=1S/C22H22ClN5O2S2/c1-30-11-5-10-28-19(13-6-2-3-8-15(13)23)26-27-22(28)31-12-17-24-20(29)18-14-7-4-9-16(14)32-21(18)25-17/h2-3,6,8H,4-5,7,9-12H2,1H3,(H,24,25,29). The molecule has 1 aliphatic carbocycles. The summed E-state index contributed by atoms with van der Waals surface area (Å²) >= 11 is 9.58. The number of nitrogens with zero attached hydrogens (tertiary/aromatic N) is 4. The van der Waals surface area contributed by atoms with Gasteiger partial charge in [-0.15, -0.1) is 21.5 Å². The van der Waals surface area contributed by atoms with Gasteiger partial charge in [0, 0.05) is 30.7 Å². The lowest BCUT2D eigenvalue weighted by molar-refractivity contribution is 0.189. The molecule has 3 aromatic heterocycles. The Balaban J connectivity index is 1.43. The Kier molecular flexibility index (Phi) is 6.32. The van der Waals surface area contributed by atoms with E-state index in [1.807, 2.05) is 24.3 Å². The zero-order valence-corrected chi connectivity index (χ0v) is 19.9. The summed E-state index contributed by atoms with van der Waals surface area (Å²) in [5, 5.41) is 11.0. The number of aromatic nitrogens is 5. The van der Waals surface area contributed by atoms with Crippen LogP contribution in [0.15, 0.2) is 34.2 Å². The van der Waals surface area contributed by atoms with Crippen LogP contribution >= 0.6 is 34.7 Å². The predicted molar refractivity (Wildman–Crippen MR) is 129 cm³/mol. The van der Waals surface area contributed by atoms with Crippen molar-refractivity contribution in [1.82, 2.24) is 24.7 Å². The highest BCUT2D eigenvalue weighted by Crippen LogP contribution is 2.35. The molecule has 3 heterocycles. The molecule has 32 heavy (non-hydrogen) atoms. The Hall–Kier alpha value is -2.20. The zero-order chi connectivity index (χ0) is 22.1. The Morgan fingerprint density at radius 2 is 2.16 bits per heavy atom. The van der Waals surface area contributed by atoms with Gasteiger partial charge < -0.3 is 14.3 Å². The van der Waals surface area contributed by atoms with E-state index in [-0.39, 0.29) is 5.56 Å². The van der Waals surface area contributed by atoms with Crippen LogP contribution in [0.3, 0.4) is 0 Å². The van der Waals surface area contributed by atoms with Crippen LogP contribution in [0, 0.1) is 0 Å². The van der Waals surface area contributed by atoms with Gasteiger partial charge in [0.1, 0.15) is 10.7 Å². The van der Waals surface area contributed by atoms with E-state index in [1.165, 1.54) is 22.2 Å². The van der Waals surface area contributed by atoms with Crippen LogP contribution < -0.4 is 5.56 Å². The largest absolute Gasteiger partial charge is 0.385 e. The number of thioether (sulfide) groups is 1. The van der Waals surface area contributed by atoms with Gasteiger partial charge in [0.15, 0.2) is 11.0 Å². The molecule has 10 heteroatoms. The number of hydrogen-bond acceptors (Lipinski definition) is 7. The highest BCUT2D eigenvalue weighted by molar-refractivity contribution is 7.98. The Labute approximate surface area is 198 Å². The normalized spacial score (nSPS) is 13.2. The molecule has 0 aliphatic heterocycles. The second kappa shape index (κ2) is 9.35. The SMILES string of the molecule is COCCCn1c(SCc2nc3sc4c(c3c(=O)[nH]2)CCC4)nnc1-c1ccccc1Cl. The smallest absolute Gasteiger partial charge is 0.259 e. The molecule has 0 spiro atoms. The average molecular weight is 488 g/mol. The van der Waals surface area contributed by atoms with Crippen LogP contribution in [0.25, 0.3) is 21.6 Å². The summed E-state index contributed by atoms with van der Waals surface area (Å²) in [6, 6.07) is 7.62. The number of H-pyrrole nitrogens is 1. The molecule has 0 saturated carbocycles. The van der Waals surface area contributed by atoms with Gasteiger partial charge in [-0.3, -0.25) is 4.79 Å². The zero-order valence-electron chi connectivity index (χ0n) is 17.6. The quantitative estimate of drug-likeness (QED) is 0.286. The van der Waals surface area contributed by atoms with Gasteiger partial charge in [0.05, 0.1) is 16.2 Å². The molecule has 0 fully saturated rings. The number of thiophene rings is 1. The second-order valence-corrected chi connectivity index (χ2v) is 10.1. The highest BCUT2D eigenvalue weighted by Gasteiger charge is 2.22. The second-order valence-electron chi connectivity index (χ2n) is 7.62. The maximum absolute atomic E-state index is 12.7. The van der Waals surface area contributed by atoms with Crippen molar-refractivity contribution in [3.05, 3.63) is 55.9 Å². The molecular formula is C22H22ClN5O2S2. The van der Waals surface area contributed by atoms with Gasteiger partial charge in [0.25, 0.3) is 5.56 Å². The molecule has 1 aliphatic rings. The molecule has 1 aromatic carbocycles. The van der Waals surface area contributed by atoms with Crippen LogP contribution in [0.1, 0.15) is 29.1 Å². The Bertz CT molecular complexity index is 1330. The number of halogens is 1. The van der Waals surface area contributed by atoms with E-state index in [4.69, 9.17) is 21.3 Å². The summed E-state index contributed by atoms with van der Waals surface area (Å²) in [6.07, 6.45) is 3.97. The first-order chi connectivity index (χ1) is 15.7. The first-order valence-corrected chi connectivity index (χ1v) is 12.7. The molecule has 0 atom stereocenters. The van der Waals surface area contributed by atoms with Gasteiger partial charge in [-0.05, 0) is 43.4 Å². The van der Waals surface area contributed by atoms with Gasteiger partial charge in [-0.2, -0.15) is 0 Å². The summed E-state index contributed by atoms with van der Waals surface area (Å²) in [4.78, 5) is 22.6. The average Bonchev–Trinajstić information content (AvgIpc) is 3.47. The van der Waals surface area contributed by atoms with Crippen molar-refractivity contribution >= 4 is 44.9 Å². The third kappa shape index (κ3) is 4.10. The van der Waals surface area contributed by atoms with E-state index < -0.39 is 0 Å². The van der Waals surface area contributed by atoms with E-state index in [0.29, 0.717) is 29.8 Å². The summed E-state index contributed by atoms with van der Waals surface area (Å²) < 4.78 is 7.28. The van der Waals surface area contributed by atoms with E-state index in [0.717, 1.165) is 52.4 Å². The van der Waals surface area contributed by atoms with Crippen molar-refractivity contribution in [3.63, 3.8) is 0 Å². The minimum atomic E-state index is -0.0386. The van der Waals surface area contributed by atoms with Crippen LogP contribution in [-0.2, 0) is 29.9 Å². The molecule has 1 N–H and O–H groups in total. The van der Waals surface area contributed by atoms with Gasteiger partial charge in [0.2, 0.25) is 0 Å². The highest BCUT2D eigenvalue weighted by atomic mass is 35.5. The summed E-state index contributed by atoms with van der Waals surface area (Å²) in [5.41, 5.74) is 2.00. The van der Waals surface area contributed by atoms with E-state index >= 15 is 0 Å². The number of nitrogens with one attached hydrogen (secondary N) is 1. The van der Waals surface area contributed by atoms with E-state index in [1.54, 1.807) is 18.4 Å². The fraction of sp³-hybridized carbons (Fsp3) is 0.364. The fourth-order valence-corrected chi connectivity index (χ4v) is 6.39. The molecular weight excluding hydrogens is 466 g/mol. The molecule has 166 valence electrons. The van der Waals surface area contributed by atoms with Crippen molar-refractivity contribution < 1.29 is 4.74 Å². The lowest BCUT2D eigenvalue weighted by Gasteiger charge is -2.11. The molecule has 0 unspecified atom stereocenters. The topological polar surface area (TPSA) is 85.7 Å². The van der Waals surface area contributed by atoms with Crippen molar-refractivity contribution in [2.24, 2.45) is 0 Å². The Morgan fingerprint density at radius 1 is 1.28 bits per heavy atom. The third-order valence-electron chi connectivity index (χ3n) is 5.52. The summed E-state index contributed by atoms with van der Waals surface area (Å²) in [7, 11) is 1.69. The summed E-state index contributed by atoms with van der Waals surface area (Å²) in [5.74, 6) is 1.87. The number of benzene rings is 1. The minimum absolute atomic E-state index is 0.0386. The van der Waals surface area contributed by atoms with Gasteiger partial charge >= 0.3 is 0 Å². The van der Waals surface area contributed by atoms with Crippen molar-refractivity contribution in [3.8, 4) is 11.4 Å². The lowest BCUT2D eigenvalue weighted by Crippen LogP contribution is -2.11. The van der Waals surface area contributed by atoms with E-state index in [2.05, 4.69) is 19.7 Å². The van der Waals surface area contributed by atoms with Crippen LogP contribution in [-0.4, -0.2) is 38.4 Å². The van der Waals surface area contributed by atoms with Gasteiger partial charge in [-0.1, -0.05) is 35.5 Å². The first kappa shape index (κ1) is 21.6. The molecule has 0 radical (unpaired) electrons. The number of ether oxygens (including phenoxy) is 1. The number of fused-ring (bicyclic) bond motifs is 3. The molecule has 0 bridgehead atoms. The first-order valence-electron chi connectivity index (χ1n) is 10.5. The van der Waals surface area contributed by atoms with Crippen LogP contribution in [0.2, 0.25) is 5.02 Å². The van der Waals surface area contributed by atoms with Crippen molar-refractivity contribution in [2.75, 3.05) is 13.7 Å². The minimum Gasteiger partial charge on any atom is -0.385 e. The molecule has 4 aromatic rings. The summed E-state index contributed by atoms with van der Waals surface area (Å²) in [6.45, 7) is 1.34. The number of aromatic amines is 1. The Morgan fingerprint density at radius 3 is 3.00 bits per heavy atom. The van der Waals surface area contributed by atoms with Crippen molar-refractivity contribution in [1.29, 1.82) is 0 Å². The fourth-order valence-electron chi connectivity index (χ4n) is 4.05. The molecule has 5 rings (SSSR count). The van der Waals surface area contributed by atoms with Gasteiger partial charge in [-0.25, -0.2) is 4.98 Å². The number of hydrogen-bond donors (Lipinski definition) is 1.